The highest BCUT2D eigenvalue weighted by molar-refractivity contribution is 8.76. The number of hydrogen-bond donors (Lipinski definition) is 18. The van der Waals surface area contributed by atoms with Gasteiger partial charge in [-0.15, -0.1) is 11.8 Å². The number of benzene rings is 3. The SMILES string of the molecule is CSc1ccc(C[C@@H]2NC(=O)[C@H](C(C)C)NC(=O)[C@@H](NC(=O)[C@H](Cc3ccc(O)cc3)NC(=O)[C@@H]3CCCN3C(=O)CCN)CSSC[C@@H](C(N)=O)NC(=O)[C@H](CO)NC(=O)[C@H](Cc3c[nH]c4ccccc34)NC(=O)[C@H](CO)NC(=O)CCNC(=O)[C@H](CCCN=C(N)N)NC2=O)cc1. The number of aromatic amines is 1. The molecule has 2 saturated heterocycles. The molecule has 0 unspecified atom stereocenters. The summed E-state index contributed by atoms with van der Waals surface area (Å²) in [4.78, 5) is 179. The Labute approximate surface area is 583 Å². The summed E-state index contributed by atoms with van der Waals surface area (Å²) < 4.78 is 0. The first-order chi connectivity index (χ1) is 47.3. The average Bonchev–Trinajstić information content (AvgIpc) is 1.69. The molecular weight excluding hydrogens is 1340 g/mol. The lowest BCUT2D eigenvalue weighted by Crippen LogP contribution is -2.61. The van der Waals surface area contributed by atoms with Crippen LogP contribution in [0.3, 0.4) is 0 Å². The highest BCUT2D eigenvalue weighted by atomic mass is 33.1. The van der Waals surface area contributed by atoms with Crippen LogP contribution in [0.5, 0.6) is 5.75 Å². The molecule has 35 heteroatoms. The number of aliphatic imine (C=N–C) groups is 1. The first-order valence-corrected chi connectivity index (χ1v) is 35.8. The lowest BCUT2D eigenvalue weighted by atomic mass is 10.00. The summed E-state index contributed by atoms with van der Waals surface area (Å²) in [5.74, 6) is -12.4. The minimum Gasteiger partial charge on any atom is -0.508 e. The molecule has 3 aromatic carbocycles. The molecule has 6 rings (SSSR count). The number of nitrogens with zero attached hydrogens (tertiary/aromatic N) is 2. The maximum atomic E-state index is 15.0. The molecule has 32 nitrogen and oxygen atoms in total. The third-order valence-electron chi connectivity index (χ3n) is 16.2. The summed E-state index contributed by atoms with van der Waals surface area (Å²) in [7, 11) is 1.77. The van der Waals surface area contributed by atoms with Gasteiger partial charge in [-0.25, -0.2) is 0 Å². The number of fused-ring (bicyclic) bond motifs is 1. The van der Waals surface area contributed by atoms with Crippen LogP contribution < -0.4 is 76.1 Å². The van der Waals surface area contributed by atoms with E-state index < -0.39 is 157 Å². The number of carbonyl (C=O) groups is 12. The van der Waals surface area contributed by atoms with Gasteiger partial charge in [0.15, 0.2) is 5.96 Å². The van der Waals surface area contributed by atoms with Gasteiger partial charge in [-0.3, -0.25) is 62.5 Å². The van der Waals surface area contributed by atoms with Gasteiger partial charge in [0.1, 0.15) is 66.2 Å². The quantitative estimate of drug-likeness (QED) is 0.0126. The van der Waals surface area contributed by atoms with Gasteiger partial charge in [-0.1, -0.05) is 77.9 Å². The Hall–Kier alpha value is -9.16. The average molecular weight is 1430 g/mol. The normalized spacial score (nSPS) is 22.8. The molecule has 10 atom stereocenters. The minimum atomic E-state index is -1.79. The number of para-hydroxylation sites is 1. The van der Waals surface area contributed by atoms with Crippen molar-refractivity contribution in [3.05, 3.63) is 95.7 Å². The van der Waals surface area contributed by atoms with E-state index in [2.05, 4.69) is 63.1 Å². The van der Waals surface area contributed by atoms with E-state index in [1.165, 1.54) is 40.9 Å². The first-order valence-electron chi connectivity index (χ1n) is 32.1. The van der Waals surface area contributed by atoms with Crippen LogP contribution in [-0.2, 0) is 76.8 Å². The van der Waals surface area contributed by atoms with Crippen molar-refractivity contribution >= 4 is 121 Å². The van der Waals surface area contributed by atoms with E-state index in [0.29, 0.717) is 34.0 Å². The molecule has 0 bridgehead atoms. The van der Waals surface area contributed by atoms with Gasteiger partial charge in [0.2, 0.25) is 70.9 Å². The Morgan fingerprint density at radius 1 is 0.717 bits per heavy atom. The van der Waals surface area contributed by atoms with E-state index in [1.807, 2.05) is 6.26 Å². The molecular formula is C64H89N17O15S3. The summed E-state index contributed by atoms with van der Waals surface area (Å²) in [5, 5.41) is 57.7. The maximum Gasteiger partial charge on any atom is 0.245 e. The predicted octanol–water partition coefficient (Wildman–Crippen LogP) is -3.59. The van der Waals surface area contributed by atoms with Gasteiger partial charge in [0.25, 0.3) is 0 Å². The molecule has 0 aliphatic carbocycles. The molecule has 2 fully saturated rings. The maximum absolute atomic E-state index is 15.0. The number of H-pyrrole nitrogens is 1. The second-order valence-electron chi connectivity index (χ2n) is 23.9. The first kappa shape index (κ1) is 78.8. The predicted molar refractivity (Wildman–Crippen MR) is 372 cm³/mol. The van der Waals surface area contributed by atoms with Crippen LogP contribution in [0.2, 0.25) is 0 Å². The lowest BCUT2D eigenvalue weighted by molar-refractivity contribution is -0.139. The van der Waals surface area contributed by atoms with Gasteiger partial charge in [-0.05, 0) is 84.9 Å². The monoisotopic (exact) mass is 1430 g/mol. The molecule has 2 aliphatic heterocycles. The molecule has 2 aliphatic rings. The number of guanidine groups is 1. The number of amides is 12. The van der Waals surface area contributed by atoms with Crippen molar-refractivity contribution in [2.75, 3.05) is 57.2 Å². The van der Waals surface area contributed by atoms with Gasteiger partial charge < -0.3 is 101 Å². The molecule has 3 heterocycles. The number of aliphatic hydroxyl groups is 2. The fraction of sp³-hybridized carbons (Fsp3) is 0.484. The minimum absolute atomic E-state index is 0.0195. The number of thioether (sulfide) groups is 1. The van der Waals surface area contributed by atoms with E-state index in [0.717, 1.165) is 26.5 Å². The Morgan fingerprint density at radius 2 is 1.33 bits per heavy atom. The van der Waals surface area contributed by atoms with E-state index in [-0.39, 0.29) is 93.7 Å². The van der Waals surface area contributed by atoms with Crippen LogP contribution in [0.1, 0.15) is 69.1 Å². The number of aromatic nitrogens is 1. The number of nitrogens with two attached hydrogens (primary N) is 4. The summed E-state index contributed by atoms with van der Waals surface area (Å²) in [5.41, 5.74) is 24.8. The fourth-order valence-electron chi connectivity index (χ4n) is 10.8. The number of carbonyl (C=O) groups excluding carboxylic acids is 12. The largest absolute Gasteiger partial charge is 0.508 e. The summed E-state index contributed by atoms with van der Waals surface area (Å²) in [6.45, 7) is 1.08. The zero-order valence-electron chi connectivity index (χ0n) is 55.0. The molecule has 538 valence electrons. The third-order valence-corrected chi connectivity index (χ3v) is 19.3. The Morgan fingerprint density at radius 3 is 1.99 bits per heavy atom. The lowest BCUT2D eigenvalue weighted by Gasteiger charge is -2.29. The molecule has 4 aromatic rings. The summed E-state index contributed by atoms with van der Waals surface area (Å²) >= 11 is 1.46. The molecule has 1 aromatic heterocycles. The number of hydrogen-bond acceptors (Lipinski definition) is 20. The van der Waals surface area contributed by atoms with Crippen LogP contribution in [-0.4, -0.2) is 220 Å². The number of aliphatic hydroxyl groups excluding tert-OH is 2. The summed E-state index contributed by atoms with van der Waals surface area (Å²) in [6, 6.07) is 4.95. The number of phenols is 1. The number of phenolic OH excluding ortho intramolecular Hbond substituents is 1. The molecule has 0 radical (unpaired) electrons. The Kier molecular flexibility index (Phi) is 31.4. The molecule has 22 N–H and O–H groups in total. The highest BCUT2D eigenvalue weighted by Gasteiger charge is 2.39. The fourth-order valence-corrected chi connectivity index (χ4v) is 13.5. The summed E-state index contributed by atoms with van der Waals surface area (Å²) in [6.07, 6.45) is 3.10. The second kappa shape index (κ2) is 39.4. The third kappa shape index (κ3) is 24.4. The van der Waals surface area contributed by atoms with Crippen molar-refractivity contribution in [3.8, 4) is 5.75 Å². The molecule has 12 amide bonds. The van der Waals surface area contributed by atoms with Gasteiger partial charge in [0, 0.05) is 91.8 Å². The van der Waals surface area contributed by atoms with Crippen LogP contribution in [0.25, 0.3) is 10.9 Å². The van der Waals surface area contributed by atoms with Crippen molar-refractivity contribution in [1.29, 1.82) is 0 Å². The highest BCUT2D eigenvalue weighted by Crippen LogP contribution is 2.25. The standard InChI is InChI=1S/C64H89N17O15S3/c1-34(2)53-63(96)76-44(27-36-14-18-39(97-3)19-15-36)56(89)73-42(10-6-23-70-64(67)68)55(88)69-24-21-51(85)72-46(30-82)59(92)74-45(28-37-29-71-41-9-5-4-8-40(37)41)58(91)77-47(31-83)60(93)78-48(54(66)87)32-98-99-33-49(61(94)80-53)79-57(90)43(26-35-12-16-38(84)17-13-35)75-62(95)50-11-7-25-81(50)52(86)20-22-65/h4-5,8-9,12-19,29,34,42-50,53,71,82-84H,6-7,10-11,20-28,30-33,65H2,1-3H3,(H2,66,87)(H,69,88)(H,72,85)(H,73,89)(H,74,92)(H,75,95)(H,76,96)(H,77,91)(H,78,93)(H,79,90)(H,80,94)(H4,67,68,70)/t42-,43-,44-,45-,46-,47-,48-,49-,50-,53-/m0/s1. The van der Waals surface area contributed by atoms with Crippen molar-refractivity contribution < 1.29 is 72.9 Å². The van der Waals surface area contributed by atoms with Crippen molar-refractivity contribution in [1.82, 2.24) is 63.1 Å². The van der Waals surface area contributed by atoms with E-state index in [1.54, 1.807) is 68.6 Å². The molecule has 0 spiro atoms. The van der Waals surface area contributed by atoms with Crippen molar-refractivity contribution in [2.45, 2.75) is 137 Å². The Bertz CT molecular complexity index is 3510. The van der Waals surface area contributed by atoms with Crippen LogP contribution in [0.4, 0.5) is 0 Å². The number of nitrogens with one attached hydrogen (secondary N) is 11. The number of rotatable bonds is 21. The number of primary amides is 1. The van der Waals surface area contributed by atoms with Crippen molar-refractivity contribution in [3.63, 3.8) is 0 Å². The smallest absolute Gasteiger partial charge is 0.245 e. The topological polar surface area (TPSA) is 521 Å². The zero-order chi connectivity index (χ0) is 72.3. The van der Waals surface area contributed by atoms with Crippen LogP contribution in [0, 0.1) is 5.92 Å². The van der Waals surface area contributed by atoms with Crippen molar-refractivity contribution in [2.24, 2.45) is 33.8 Å². The Balaban J connectivity index is 1.38. The number of likely N-dealkylation sites (tertiary alicyclic amines) is 1. The number of aromatic hydroxyl groups is 1. The molecule has 0 saturated carbocycles. The van der Waals surface area contributed by atoms with Gasteiger partial charge in [0.05, 0.1) is 13.2 Å². The van der Waals surface area contributed by atoms with E-state index in [9.17, 15) is 72.9 Å². The van der Waals surface area contributed by atoms with Crippen LogP contribution >= 0.6 is 33.3 Å². The van der Waals surface area contributed by atoms with E-state index in [4.69, 9.17) is 22.9 Å². The van der Waals surface area contributed by atoms with Gasteiger partial charge >= 0.3 is 0 Å². The van der Waals surface area contributed by atoms with E-state index >= 15 is 0 Å². The van der Waals surface area contributed by atoms with Crippen LogP contribution in [0.15, 0.2) is 88.9 Å². The second-order valence-corrected chi connectivity index (χ2v) is 27.3. The molecule has 99 heavy (non-hydrogen) atoms. The zero-order valence-corrected chi connectivity index (χ0v) is 57.5. The van der Waals surface area contributed by atoms with Gasteiger partial charge in [-0.2, -0.15) is 0 Å².